The zero-order chi connectivity index (χ0) is 21.3. The molecule has 1 atom stereocenters. The third kappa shape index (κ3) is 4.23. The van der Waals surface area contributed by atoms with E-state index in [1.807, 2.05) is 48.5 Å². The van der Waals surface area contributed by atoms with Gasteiger partial charge in [0.25, 0.3) is 0 Å². The van der Waals surface area contributed by atoms with Crippen LogP contribution < -0.4 is 15.4 Å². The molecule has 2 aromatic carbocycles. The number of hydrogen-bond acceptors (Lipinski definition) is 4. The van der Waals surface area contributed by atoms with Crippen LogP contribution in [0.15, 0.2) is 48.5 Å². The molecule has 3 N–H and O–H groups in total. The predicted molar refractivity (Wildman–Crippen MR) is 120 cm³/mol. The normalized spacial score (nSPS) is 23.5. The number of carbonyl (C=O) groups excluding carboxylic acids is 1. The maximum Gasteiger partial charge on any atom is 0.315 e. The number of nitrogens with zero attached hydrogens (tertiary/aromatic N) is 2. The molecule has 3 aliphatic rings. The molecule has 1 aromatic heterocycles. The van der Waals surface area contributed by atoms with Crippen LogP contribution in [0.1, 0.15) is 36.7 Å². The average molecular weight is 420 g/mol. The number of rotatable bonds is 6. The molecular formula is C24H29N5O2. The van der Waals surface area contributed by atoms with Crippen LogP contribution in [0.25, 0.3) is 11.0 Å². The van der Waals surface area contributed by atoms with Gasteiger partial charge in [0.05, 0.1) is 24.2 Å². The number of H-pyrrole nitrogens is 1. The maximum absolute atomic E-state index is 13.1. The fourth-order valence-corrected chi connectivity index (χ4v) is 4.80. The molecular weight excluding hydrogens is 390 g/mol. The summed E-state index contributed by atoms with van der Waals surface area (Å²) in [5.41, 5.74) is 2.91. The maximum atomic E-state index is 13.1. The number of fused-ring (bicyclic) bond motifs is 4. The molecule has 3 fully saturated rings. The summed E-state index contributed by atoms with van der Waals surface area (Å²) >= 11 is 0. The summed E-state index contributed by atoms with van der Waals surface area (Å²) in [6.45, 7) is 3.21. The number of ether oxygens (including phenoxy) is 1. The lowest BCUT2D eigenvalue weighted by Crippen LogP contribution is -2.62. The first-order chi connectivity index (χ1) is 15.1. The van der Waals surface area contributed by atoms with Gasteiger partial charge in [-0.25, -0.2) is 9.78 Å². The smallest absolute Gasteiger partial charge is 0.315 e. The Kier molecular flexibility index (Phi) is 5.28. The number of benzene rings is 2. The number of urea groups is 1. The number of imidazole rings is 1. The number of aromatic amines is 1. The highest BCUT2D eigenvalue weighted by Gasteiger charge is 2.40. The second-order valence-electron chi connectivity index (χ2n) is 8.71. The van der Waals surface area contributed by atoms with Gasteiger partial charge in [-0.2, -0.15) is 0 Å². The quantitative estimate of drug-likeness (QED) is 0.572. The first-order valence-electron chi connectivity index (χ1n) is 11.0. The third-order valence-corrected chi connectivity index (χ3v) is 6.74. The van der Waals surface area contributed by atoms with Crippen LogP contribution >= 0.6 is 0 Å². The van der Waals surface area contributed by atoms with E-state index in [0.29, 0.717) is 6.42 Å². The van der Waals surface area contributed by atoms with Crippen molar-refractivity contribution in [2.75, 3.05) is 26.7 Å². The van der Waals surface area contributed by atoms with E-state index in [4.69, 9.17) is 9.72 Å². The number of para-hydroxylation sites is 2. The van der Waals surface area contributed by atoms with Crippen LogP contribution in [0.4, 0.5) is 4.79 Å². The second kappa shape index (κ2) is 8.23. The molecule has 7 nitrogen and oxygen atoms in total. The minimum Gasteiger partial charge on any atom is -0.497 e. The van der Waals surface area contributed by atoms with Crippen LogP contribution in [0.2, 0.25) is 0 Å². The molecule has 0 saturated carbocycles. The van der Waals surface area contributed by atoms with Gasteiger partial charge < -0.3 is 25.3 Å². The van der Waals surface area contributed by atoms with Crippen LogP contribution in [-0.4, -0.2) is 53.2 Å². The van der Waals surface area contributed by atoms with Crippen molar-refractivity contribution in [3.05, 3.63) is 59.9 Å². The van der Waals surface area contributed by atoms with Gasteiger partial charge in [-0.3, -0.25) is 0 Å². The molecule has 3 aliphatic heterocycles. The van der Waals surface area contributed by atoms with Crippen molar-refractivity contribution in [3.8, 4) is 5.75 Å². The van der Waals surface area contributed by atoms with Gasteiger partial charge in [0.1, 0.15) is 11.6 Å². The van der Waals surface area contributed by atoms with E-state index in [9.17, 15) is 4.79 Å². The number of aromatic nitrogens is 2. The van der Waals surface area contributed by atoms with E-state index in [2.05, 4.69) is 20.5 Å². The summed E-state index contributed by atoms with van der Waals surface area (Å²) in [7, 11) is 1.66. The van der Waals surface area contributed by atoms with E-state index in [1.165, 1.54) is 0 Å². The van der Waals surface area contributed by atoms with Crippen LogP contribution in [0.5, 0.6) is 5.75 Å². The topological polar surface area (TPSA) is 82.3 Å². The third-order valence-electron chi connectivity index (χ3n) is 6.74. The number of carbonyl (C=O) groups is 1. The number of hydrogen-bond donors (Lipinski definition) is 3. The van der Waals surface area contributed by atoms with Crippen LogP contribution in [0, 0.1) is 0 Å². The highest BCUT2D eigenvalue weighted by atomic mass is 16.5. The Morgan fingerprint density at radius 3 is 2.52 bits per heavy atom. The monoisotopic (exact) mass is 419 g/mol. The first kappa shape index (κ1) is 19.9. The highest BCUT2D eigenvalue weighted by Crippen LogP contribution is 2.32. The van der Waals surface area contributed by atoms with E-state index in [1.54, 1.807) is 7.11 Å². The van der Waals surface area contributed by atoms with Gasteiger partial charge in [0.15, 0.2) is 0 Å². The van der Waals surface area contributed by atoms with Crippen molar-refractivity contribution in [3.63, 3.8) is 0 Å². The molecule has 2 amide bonds. The highest BCUT2D eigenvalue weighted by molar-refractivity contribution is 5.77. The van der Waals surface area contributed by atoms with Crippen molar-refractivity contribution in [1.29, 1.82) is 0 Å². The number of methoxy groups -OCH3 is 1. The van der Waals surface area contributed by atoms with Crippen molar-refractivity contribution >= 4 is 17.1 Å². The molecule has 6 rings (SSSR count). The van der Waals surface area contributed by atoms with E-state index in [0.717, 1.165) is 67.1 Å². The van der Waals surface area contributed by atoms with E-state index < -0.39 is 0 Å². The Morgan fingerprint density at radius 1 is 1.13 bits per heavy atom. The summed E-state index contributed by atoms with van der Waals surface area (Å²) in [6, 6.07) is 15.5. The van der Waals surface area contributed by atoms with E-state index in [-0.39, 0.29) is 17.6 Å². The standard InChI is InChI=1S/C24H29N5O2/c1-31-18-8-6-17(7-9-18)16-21(22-25-19-4-2-3-5-20(19)26-22)27-23(30)28-24-10-13-29(14-11-24)15-12-24/h2-9,21H,10-16H2,1H3,(H,25,26)(H2,27,28,30)/t21-/m1/s1. The summed E-state index contributed by atoms with van der Waals surface area (Å²) in [6.07, 6.45) is 3.70. The zero-order valence-electron chi connectivity index (χ0n) is 17.9. The van der Waals surface area contributed by atoms with E-state index >= 15 is 0 Å². The summed E-state index contributed by atoms with van der Waals surface area (Å²) in [5, 5.41) is 6.53. The summed E-state index contributed by atoms with van der Waals surface area (Å²) in [5.74, 6) is 1.58. The Morgan fingerprint density at radius 2 is 1.84 bits per heavy atom. The lowest BCUT2D eigenvalue weighted by atomic mass is 9.80. The van der Waals surface area contributed by atoms with Gasteiger partial charge >= 0.3 is 6.03 Å². The van der Waals surface area contributed by atoms with Crippen molar-refractivity contribution in [2.45, 2.75) is 37.3 Å². The number of nitrogens with one attached hydrogen (secondary N) is 3. The minimum absolute atomic E-state index is 0.0720. The van der Waals surface area contributed by atoms with Gasteiger partial charge in [-0.15, -0.1) is 0 Å². The van der Waals surface area contributed by atoms with Crippen molar-refractivity contribution in [2.24, 2.45) is 0 Å². The van der Waals surface area contributed by atoms with Gasteiger partial charge in [-0.05, 0) is 55.5 Å². The summed E-state index contributed by atoms with van der Waals surface area (Å²) < 4.78 is 5.27. The number of piperidine rings is 3. The Bertz CT molecular complexity index is 1010. The minimum atomic E-state index is -0.263. The van der Waals surface area contributed by atoms with Gasteiger partial charge in [0, 0.05) is 25.2 Å². The molecule has 3 aromatic rings. The predicted octanol–water partition coefficient (Wildman–Crippen LogP) is 3.39. The molecule has 7 heteroatoms. The molecule has 4 heterocycles. The van der Waals surface area contributed by atoms with Gasteiger partial charge in [-0.1, -0.05) is 24.3 Å². The SMILES string of the molecule is COc1ccc(C[C@@H](NC(=O)NC23CCN(CC2)CC3)c2nc3ccccc3[nH]2)cc1. The number of amides is 2. The second-order valence-corrected chi connectivity index (χ2v) is 8.71. The van der Waals surface area contributed by atoms with Crippen LogP contribution in [0.3, 0.4) is 0 Å². The summed E-state index contributed by atoms with van der Waals surface area (Å²) in [4.78, 5) is 23.7. The zero-order valence-corrected chi connectivity index (χ0v) is 17.9. The molecule has 162 valence electrons. The molecule has 0 unspecified atom stereocenters. The Labute approximate surface area is 182 Å². The molecule has 31 heavy (non-hydrogen) atoms. The molecule has 3 saturated heterocycles. The van der Waals surface area contributed by atoms with Crippen LogP contribution in [-0.2, 0) is 6.42 Å². The van der Waals surface area contributed by atoms with Crippen molar-refractivity contribution in [1.82, 2.24) is 25.5 Å². The first-order valence-corrected chi connectivity index (χ1v) is 11.0. The fraction of sp³-hybridized carbons (Fsp3) is 0.417. The Hall–Kier alpha value is -3.06. The van der Waals surface area contributed by atoms with Gasteiger partial charge in [0.2, 0.25) is 0 Å². The Balaban J connectivity index is 1.36. The molecule has 0 radical (unpaired) electrons. The lowest BCUT2D eigenvalue weighted by molar-refractivity contribution is 0.0668. The molecule has 0 spiro atoms. The lowest BCUT2D eigenvalue weighted by Gasteiger charge is -2.48. The molecule has 0 aliphatic carbocycles. The molecule has 2 bridgehead atoms. The largest absolute Gasteiger partial charge is 0.497 e. The van der Waals surface area contributed by atoms with Crippen molar-refractivity contribution < 1.29 is 9.53 Å². The fourth-order valence-electron chi connectivity index (χ4n) is 4.80. The average Bonchev–Trinajstić information content (AvgIpc) is 3.24.